The fourth-order valence-electron chi connectivity index (χ4n) is 3.72. The second kappa shape index (κ2) is 5.77. The van der Waals surface area contributed by atoms with Crippen LogP contribution in [0.4, 0.5) is 0 Å². The zero-order chi connectivity index (χ0) is 15.0. The van der Waals surface area contributed by atoms with E-state index in [0.717, 1.165) is 44.1 Å². The number of aromatic nitrogens is 1. The Labute approximate surface area is 124 Å². The molecule has 0 saturated carbocycles. The normalized spacial score (nSPS) is 27.0. The van der Waals surface area contributed by atoms with Crippen molar-refractivity contribution in [2.45, 2.75) is 39.3 Å². The van der Waals surface area contributed by atoms with Crippen molar-refractivity contribution >= 4 is 5.97 Å². The Morgan fingerprint density at radius 2 is 2.14 bits per heavy atom. The maximum Gasteiger partial charge on any atom is 0.317 e. The first-order valence-electron chi connectivity index (χ1n) is 7.63. The number of carbonyl (C=O) groups is 1. The molecule has 0 spiro atoms. The molecule has 4 heterocycles. The van der Waals surface area contributed by atoms with Gasteiger partial charge in [-0.05, 0) is 32.6 Å². The molecule has 3 saturated heterocycles. The van der Waals surface area contributed by atoms with Gasteiger partial charge in [-0.15, -0.1) is 0 Å². The Bertz CT molecular complexity index is 509. The van der Waals surface area contributed by atoms with E-state index in [4.69, 9.17) is 9.63 Å². The molecule has 3 aliphatic rings. The third-order valence-corrected chi connectivity index (χ3v) is 4.80. The molecule has 6 heteroatoms. The number of carboxylic acid groups (broad SMARTS) is 1. The number of hydrogen-bond donors (Lipinski definition) is 1. The van der Waals surface area contributed by atoms with Crippen LogP contribution >= 0.6 is 0 Å². The van der Waals surface area contributed by atoms with Crippen molar-refractivity contribution in [3.05, 3.63) is 17.0 Å². The van der Waals surface area contributed by atoms with E-state index in [1.165, 1.54) is 12.0 Å². The highest BCUT2D eigenvalue weighted by atomic mass is 16.5. The van der Waals surface area contributed by atoms with Crippen LogP contribution in [0.3, 0.4) is 0 Å². The molecule has 0 unspecified atom stereocenters. The molecule has 6 nitrogen and oxygen atoms in total. The van der Waals surface area contributed by atoms with Gasteiger partial charge in [0.2, 0.25) is 0 Å². The average molecular weight is 293 g/mol. The van der Waals surface area contributed by atoms with Crippen molar-refractivity contribution in [1.82, 2.24) is 15.0 Å². The molecule has 1 aromatic heterocycles. The minimum Gasteiger partial charge on any atom is -0.480 e. The lowest BCUT2D eigenvalue weighted by atomic mass is 9.95. The summed E-state index contributed by atoms with van der Waals surface area (Å²) in [6, 6.07) is 0.361. The van der Waals surface area contributed by atoms with Crippen LogP contribution in [-0.4, -0.2) is 58.3 Å². The Morgan fingerprint density at radius 1 is 1.33 bits per heavy atom. The molecule has 0 radical (unpaired) electrons. The first-order chi connectivity index (χ1) is 10.0. The Morgan fingerprint density at radius 3 is 2.81 bits per heavy atom. The van der Waals surface area contributed by atoms with Gasteiger partial charge in [0.15, 0.2) is 0 Å². The summed E-state index contributed by atoms with van der Waals surface area (Å²) in [4.78, 5) is 15.6. The monoisotopic (exact) mass is 293 g/mol. The van der Waals surface area contributed by atoms with Gasteiger partial charge >= 0.3 is 5.97 Å². The number of carboxylic acids is 1. The van der Waals surface area contributed by atoms with Crippen molar-refractivity contribution in [1.29, 1.82) is 0 Å². The number of aliphatic carboxylic acids is 1. The molecule has 4 rings (SSSR count). The van der Waals surface area contributed by atoms with E-state index in [0.29, 0.717) is 12.0 Å². The van der Waals surface area contributed by atoms with Gasteiger partial charge in [0, 0.05) is 37.8 Å². The van der Waals surface area contributed by atoms with E-state index >= 15 is 0 Å². The molecule has 2 bridgehead atoms. The lowest BCUT2D eigenvalue weighted by Gasteiger charge is -2.34. The van der Waals surface area contributed by atoms with Crippen LogP contribution in [0.2, 0.25) is 0 Å². The molecular weight excluding hydrogens is 270 g/mol. The lowest BCUT2D eigenvalue weighted by Crippen LogP contribution is -2.46. The minimum absolute atomic E-state index is 0.167. The van der Waals surface area contributed by atoms with E-state index in [-0.39, 0.29) is 6.54 Å². The van der Waals surface area contributed by atoms with Gasteiger partial charge in [0.05, 0.1) is 12.2 Å². The Hall–Kier alpha value is -1.40. The predicted molar refractivity (Wildman–Crippen MR) is 77.0 cm³/mol. The number of fused-ring (bicyclic) bond motifs is 4. The van der Waals surface area contributed by atoms with E-state index in [1.54, 1.807) is 0 Å². The third-order valence-electron chi connectivity index (χ3n) is 4.80. The maximum atomic E-state index is 11.0. The van der Waals surface area contributed by atoms with E-state index < -0.39 is 5.97 Å². The average Bonchev–Trinajstić information content (AvgIpc) is 2.62. The smallest absolute Gasteiger partial charge is 0.317 e. The molecule has 21 heavy (non-hydrogen) atoms. The van der Waals surface area contributed by atoms with Gasteiger partial charge in [0.1, 0.15) is 5.76 Å². The van der Waals surface area contributed by atoms with Gasteiger partial charge in [-0.25, -0.2) is 0 Å². The predicted octanol–water partition coefficient (Wildman–Crippen LogP) is 1.27. The number of hydrogen-bond acceptors (Lipinski definition) is 5. The molecule has 0 aliphatic carbocycles. The molecule has 3 fully saturated rings. The van der Waals surface area contributed by atoms with Gasteiger partial charge < -0.3 is 9.63 Å². The standard InChI is InChI=1S/C15H23N3O3/c1-10-14(11(2)21-16-10)8-17-5-12-3-4-13(7-17)18(6-12)9-15(19)20/h12-13H,3-9H2,1-2H3,(H,19,20)/t12-,13+/m1/s1. The molecular formula is C15H23N3O3. The summed E-state index contributed by atoms with van der Waals surface area (Å²) in [6.07, 6.45) is 2.31. The lowest BCUT2D eigenvalue weighted by molar-refractivity contribution is -0.139. The zero-order valence-corrected chi connectivity index (χ0v) is 12.7. The van der Waals surface area contributed by atoms with Crippen molar-refractivity contribution in [2.75, 3.05) is 26.2 Å². The molecule has 1 aromatic rings. The topological polar surface area (TPSA) is 69.8 Å². The molecule has 116 valence electrons. The minimum atomic E-state index is -0.722. The molecule has 2 atom stereocenters. The van der Waals surface area contributed by atoms with Crippen molar-refractivity contribution in [3.8, 4) is 0 Å². The van der Waals surface area contributed by atoms with Crippen LogP contribution < -0.4 is 0 Å². The van der Waals surface area contributed by atoms with E-state index in [1.807, 2.05) is 13.8 Å². The van der Waals surface area contributed by atoms with Gasteiger partial charge in [-0.3, -0.25) is 14.6 Å². The SMILES string of the molecule is Cc1noc(C)c1CN1C[C@H]2CC[C@@H](C1)N(CC(=O)O)C2. The summed E-state index contributed by atoms with van der Waals surface area (Å²) in [7, 11) is 0. The molecule has 0 aromatic carbocycles. The second-order valence-corrected chi connectivity index (χ2v) is 6.42. The van der Waals surface area contributed by atoms with E-state index in [2.05, 4.69) is 15.0 Å². The van der Waals surface area contributed by atoms with Gasteiger partial charge in [-0.2, -0.15) is 0 Å². The first-order valence-corrected chi connectivity index (χ1v) is 7.63. The van der Waals surface area contributed by atoms with Crippen LogP contribution in [0.5, 0.6) is 0 Å². The molecule has 0 amide bonds. The number of aryl methyl sites for hydroxylation is 2. The van der Waals surface area contributed by atoms with Crippen LogP contribution in [0.15, 0.2) is 4.52 Å². The number of rotatable bonds is 4. The fourth-order valence-corrected chi connectivity index (χ4v) is 3.72. The molecule has 1 N–H and O–H groups in total. The summed E-state index contributed by atoms with van der Waals surface area (Å²) in [5.41, 5.74) is 2.15. The van der Waals surface area contributed by atoms with Crippen LogP contribution in [-0.2, 0) is 11.3 Å². The largest absolute Gasteiger partial charge is 0.480 e. The Kier molecular flexibility index (Phi) is 3.99. The Balaban J connectivity index is 1.71. The highest BCUT2D eigenvalue weighted by molar-refractivity contribution is 5.69. The summed E-state index contributed by atoms with van der Waals surface area (Å²) in [5, 5.41) is 13.1. The molecule has 3 aliphatic heterocycles. The van der Waals surface area contributed by atoms with Crippen LogP contribution in [0, 0.1) is 19.8 Å². The summed E-state index contributed by atoms with van der Waals surface area (Å²) < 4.78 is 5.25. The van der Waals surface area contributed by atoms with Crippen LogP contribution in [0.1, 0.15) is 29.9 Å². The summed E-state index contributed by atoms with van der Waals surface area (Å²) in [6.45, 7) is 7.85. The van der Waals surface area contributed by atoms with Gasteiger partial charge in [-0.1, -0.05) is 5.16 Å². The highest BCUT2D eigenvalue weighted by Gasteiger charge is 2.35. The maximum absolute atomic E-state index is 11.0. The quantitative estimate of drug-likeness (QED) is 0.901. The highest BCUT2D eigenvalue weighted by Crippen LogP contribution is 2.29. The summed E-state index contributed by atoms with van der Waals surface area (Å²) in [5.74, 6) is 0.745. The fraction of sp³-hybridized carbons (Fsp3) is 0.733. The first kappa shape index (κ1) is 14.5. The van der Waals surface area contributed by atoms with Crippen LogP contribution in [0.25, 0.3) is 0 Å². The van der Waals surface area contributed by atoms with Crippen molar-refractivity contribution in [3.63, 3.8) is 0 Å². The summed E-state index contributed by atoms with van der Waals surface area (Å²) >= 11 is 0. The number of piperidine rings is 1. The second-order valence-electron chi connectivity index (χ2n) is 6.42. The van der Waals surface area contributed by atoms with E-state index in [9.17, 15) is 4.79 Å². The number of nitrogens with zero attached hydrogens (tertiary/aromatic N) is 3. The van der Waals surface area contributed by atoms with Gasteiger partial charge in [0.25, 0.3) is 0 Å². The zero-order valence-electron chi connectivity index (χ0n) is 12.7. The van der Waals surface area contributed by atoms with Crippen molar-refractivity contribution < 1.29 is 14.4 Å². The van der Waals surface area contributed by atoms with Crippen molar-refractivity contribution in [2.24, 2.45) is 5.92 Å². The third kappa shape index (κ3) is 3.11.